The Hall–Kier alpha value is -3.07. The van der Waals surface area contributed by atoms with Crippen molar-refractivity contribution in [3.63, 3.8) is 0 Å². The predicted octanol–water partition coefficient (Wildman–Crippen LogP) is 2.97. The molecule has 0 unspecified atom stereocenters. The first kappa shape index (κ1) is 19.3. The van der Waals surface area contributed by atoms with Crippen LogP contribution in [0.5, 0.6) is 5.75 Å². The van der Waals surface area contributed by atoms with E-state index in [9.17, 15) is 19.3 Å². The number of carboxylic acids is 1. The van der Waals surface area contributed by atoms with Gasteiger partial charge in [-0.15, -0.1) is 0 Å². The molecule has 0 aliphatic carbocycles. The van der Waals surface area contributed by atoms with Crippen molar-refractivity contribution >= 4 is 23.2 Å². The molecule has 0 amide bonds. The number of aliphatic carboxylic acids is 1. The highest BCUT2D eigenvalue weighted by molar-refractivity contribution is 7.80. The summed E-state index contributed by atoms with van der Waals surface area (Å²) >= 11 is 5.22. The lowest BCUT2D eigenvalue weighted by Gasteiger charge is -2.18. The van der Waals surface area contributed by atoms with Gasteiger partial charge in [-0.3, -0.25) is 0 Å². The molecule has 0 atom stereocenters. The zero-order valence-corrected chi connectivity index (χ0v) is 14.5. The predicted molar refractivity (Wildman–Crippen MR) is 94.9 cm³/mol. The second-order valence-corrected chi connectivity index (χ2v) is 5.75. The molecule has 136 valence electrons. The summed E-state index contributed by atoms with van der Waals surface area (Å²) in [5.41, 5.74) is 0.930. The molecular formula is C17H15FN2O5S. The Morgan fingerprint density at radius 1 is 1.35 bits per heavy atom. The van der Waals surface area contributed by atoms with Gasteiger partial charge in [0.2, 0.25) is 0 Å². The fourth-order valence-electron chi connectivity index (χ4n) is 2.19. The Morgan fingerprint density at radius 3 is 2.58 bits per heavy atom. The van der Waals surface area contributed by atoms with E-state index in [1.165, 1.54) is 13.0 Å². The molecule has 0 heterocycles. The van der Waals surface area contributed by atoms with Crippen molar-refractivity contribution in [1.82, 2.24) is 5.01 Å². The van der Waals surface area contributed by atoms with Crippen LogP contribution in [0.4, 0.5) is 4.39 Å². The van der Waals surface area contributed by atoms with Crippen molar-refractivity contribution in [2.45, 2.75) is 13.5 Å². The van der Waals surface area contributed by atoms with Crippen LogP contribution in [0.1, 0.15) is 16.7 Å². The van der Waals surface area contributed by atoms with Crippen molar-refractivity contribution < 1.29 is 24.1 Å². The van der Waals surface area contributed by atoms with Gasteiger partial charge in [-0.1, -0.05) is 47.6 Å². The summed E-state index contributed by atoms with van der Waals surface area (Å²) in [5.74, 6) is -2.06. The zero-order chi connectivity index (χ0) is 19.3. The average molecular weight is 378 g/mol. The molecule has 0 spiro atoms. The average Bonchev–Trinajstić information content (AvgIpc) is 2.60. The molecule has 9 heteroatoms. The number of aryl methyl sites for hydroxylation is 1. The molecule has 1 N–H and O–H groups in total. The summed E-state index contributed by atoms with van der Waals surface area (Å²) in [4.78, 5) is 22.0. The number of benzene rings is 2. The summed E-state index contributed by atoms with van der Waals surface area (Å²) in [5, 5.41) is 20.3. The highest BCUT2D eigenvalue weighted by Gasteiger charge is 2.26. The van der Waals surface area contributed by atoms with E-state index in [-0.39, 0.29) is 28.4 Å². The minimum absolute atomic E-state index is 0.0766. The number of nitrogens with zero attached hydrogens (tertiary/aromatic N) is 2. The van der Waals surface area contributed by atoms with E-state index in [0.717, 1.165) is 11.1 Å². The molecule has 0 saturated heterocycles. The van der Waals surface area contributed by atoms with Crippen molar-refractivity contribution in [2.24, 2.45) is 0 Å². The maximum absolute atomic E-state index is 13.8. The Kier molecular flexibility index (Phi) is 6.18. The molecule has 0 saturated carbocycles. The molecule has 0 aliphatic heterocycles. The summed E-state index contributed by atoms with van der Waals surface area (Å²) < 4.78 is 18.9. The highest BCUT2D eigenvalue weighted by Crippen LogP contribution is 2.26. The number of hydrogen-bond donors (Lipinski definition) is 1. The van der Waals surface area contributed by atoms with E-state index < -0.39 is 23.4 Å². The second-order valence-electron chi connectivity index (χ2n) is 5.37. The van der Waals surface area contributed by atoms with Gasteiger partial charge in [-0.2, -0.15) is 0 Å². The number of carboxylic acid groups (broad SMARTS) is 1. The van der Waals surface area contributed by atoms with Crippen LogP contribution in [0, 0.1) is 22.9 Å². The first-order valence-corrected chi connectivity index (χ1v) is 7.85. The zero-order valence-electron chi connectivity index (χ0n) is 13.7. The SMILES string of the molecule is Cc1cc(C(=S)N(Cc2ccccc2)[N+](=O)[O-])c(OCC(=O)O)cc1F. The minimum Gasteiger partial charge on any atom is -0.481 e. The van der Waals surface area contributed by atoms with Crippen LogP contribution < -0.4 is 4.74 Å². The van der Waals surface area contributed by atoms with Crippen LogP contribution in [0.25, 0.3) is 0 Å². The van der Waals surface area contributed by atoms with Gasteiger partial charge in [-0.05, 0) is 24.1 Å². The van der Waals surface area contributed by atoms with Gasteiger partial charge in [0, 0.05) is 6.07 Å². The summed E-state index contributed by atoms with van der Waals surface area (Å²) in [6, 6.07) is 10.9. The Bertz CT molecular complexity index is 845. The third-order valence-corrected chi connectivity index (χ3v) is 3.88. The summed E-state index contributed by atoms with van der Waals surface area (Å²) in [6.07, 6.45) is 0. The maximum Gasteiger partial charge on any atom is 0.341 e. The van der Waals surface area contributed by atoms with Crippen molar-refractivity contribution in [1.29, 1.82) is 0 Å². The lowest BCUT2D eigenvalue weighted by molar-refractivity contribution is -0.631. The molecular weight excluding hydrogens is 363 g/mol. The molecule has 0 bridgehead atoms. The largest absolute Gasteiger partial charge is 0.481 e. The third-order valence-electron chi connectivity index (χ3n) is 3.45. The Morgan fingerprint density at radius 2 is 2.00 bits per heavy atom. The van der Waals surface area contributed by atoms with Gasteiger partial charge < -0.3 is 9.84 Å². The molecule has 0 aromatic heterocycles. The molecule has 2 aromatic carbocycles. The number of hydrogen-bond acceptors (Lipinski definition) is 5. The van der Waals surface area contributed by atoms with Gasteiger partial charge in [0.25, 0.3) is 0 Å². The van der Waals surface area contributed by atoms with E-state index in [2.05, 4.69) is 0 Å². The normalized spacial score (nSPS) is 10.2. The maximum atomic E-state index is 13.8. The molecule has 2 rings (SSSR count). The van der Waals surface area contributed by atoms with E-state index in [0.29, 0.717) is 5.56 Å². The molecule has 0 aliphatic rings. The number of ether oxygens (including phenoxy) is 1. The fraction of sp³-hybridized carbons (Fsp3) is 0.176. The minimum atomic E-state index is -1.27. The van der Waals surface area contributed by atoms with Gasteiger partial charge in [0.15, 0.2) is 16.6 Å². The van der Waals surface area contributed by atoms with Crippen molar-refractivity contribution in [3.05, 3.63) is 75.1 Å². The lowest BCUT2D eigenvalue weighted by Crippen LogP contribution is -2.35. The number of hydrazine groups is 1. The van der Waals surface area contributed by atoms with Gasteiger partial charge in [0.1, 0.15) is 18.1 Å². The molecule has 2 aromatic rings. The summed E-state index contributed by atoms with van der Waals surface area (Å²) in [6.45, 7) is 0.632. The first-order chi connectivity index (χ1) is 12.3. The van der Waals surface area contributed by atoms with Crippen LogP contribution in [0.15, 0.2) is 42.5 Å². The van der Waals surface area contributed by atoms with Crippen LogP contribution in [0.2, 0.25) is 0 Å². The fourth-order valence-corrected chi connectivity index (χ4v) is 2.48. The van der Waals surface area contributed by atoms with Crippen LogP contribution in [-0.4, -0.2) is 32.7 Å². The van der Waals surface area contributed by atoms with Gasteiger partial charge in [-0.25, -0.2) is 19.3 Å². The van der Waals surface area contributed by atoms with Gasteiger partial charge in [0.05, 0.1) is 5.56 Å². The molecule has 0 radical (unpaired) electrons. The van der Waals surface area contributed by atoms with Crippen molar-refractivity contribution in [2.75, 3.05) is 6.61 Å². The number of thiocarbonyl (C=S) groups is 1. The Balaban J connectivity index is 2.39. The number of halogens is 1. The first-order valence-electron chi connectivity index (χ1n) is 7.44. The highest BCUT2D eigenvalue weighted by atomic mass is 32.1. The topological polar surface area (TPSA) is 92.9 Å². The van der Waals surface area contributed by atoms with Crippen LogP contribution in [-0.2, 0) is 11.3 Å². The standard InChI is InChI=1S/C17H15FN2O5S/c1-11-7-13(15(8-14(11)18)25-10-16(21)22)17(26)19(20(23)24)9-12-5-3-2-4-6-12/h2-8H,9-10H2,1H3,(H,21,22). The third kappa shape index (κ3) is 4.73. The van der Waals surface area contributed by atoms with E-state index in [4.69, 9.17) is 22.1 Å². The smallest absolute Gasteiger partial charge is 0.341 e. The quantitative estimate of drug-likeness (QED) is 0.450. The second kappa shape index (κ2) is 8.34. The van der Waals surface area contributed by atoms with Crippen LogP contribution in [0.3, 0.4) is 0 Å². The molecule has 7 nitrogen and oxygen atoms in total. The molecule has 0 fully saturated rings. The number of carbonyl (C=O) groups is 1. The Labute approximate surface area is 153 Å². The van der Waals surface area contributed by atoms with Crippen LogP contribution >= 0.6 is 12.2 Å². The number of nitro groups is 1. The summed E-state index contributed by atoms with van der Waals surface area (Å²) in [7, 11) is 0. The number of rotatable bonds is 7. The van der Waals surface area contributed by atoms with Gasteiger partial charge >= 0.3 is 5.97 Å². The van der Waals surface area contributed by atoms with E-state index >= 15 is 0 Å². The lowest BCUT2D eigenvalue weighted by atomic mass is 10.1. The van der Waals surface area contributed by atoms with E-state index in [1.54, 1.807) is 30.3 Å². The van der Waals surface area contributed by atoms with Crippen molar-refractivity contribution in [3.8, 4) is 5.75 Å². The monoisotopic (exact) mass is 378 g/mol. The van der Waals surface area contributed by atoms with E-state index in [1.807, 2.05) is 0 Å². The molecule has 26 heavy (non-hydrogen) atoms.